The Labute approximate surface area is 99.4 Å². The molecule has 2 rings (SSSR count). The minimum absolute atomic E-state index is 0.0203. The van der Waals surface area contributed by atoms with Crippen molar-refractivity contribution in [1.82, 2.24) is 0 Å². The van der Waals surface area contributed by atoms with Crippen molar-refractivity contribution in [3.05, 3.63) is 29.0 Å². The Kier molecular flexibility index (Phi) is 3.66. The highest BCUT2D eigenvalue weighted by Crippen LogP contribution is 2.27. The van der Waals surface area contributed by atoms with Crippen LogP contribution in [-0.4, -0.2) is 17.3 Å². The van der Waals surface area contributed by atoms with Gasteiger partial charge < -0.3 is 10.4 Å². The first kappa shape index (κ1) is 11.7. The van der Waals surface area contributed by atoms with Gasteiger partial charge in [0.2, 0.25) is 0 Å². The number of rotatable bonds is 2. The predicted octanol–water partition coefficient (Wildman–Crippen LogP) is 3.19. The van der Waals surface area contributed by atoms with Crippen molar-refractivity contribution in [2.45, 2.75) is 37.8 Å². The second-order valence-corrected chi connectivity index (χ2v) is 4.63. The topological polar surface area (TPSA) is 32.3 Å². The van der Waals surface area contributed by atoms with E-state index in [4.69, 9.17) is 11.6 Å². The van der Waals surface area contributed by atoms with Gasteiger partial charge in [-0.3, -0.25) is 0 Å². The van der Waals surface area contributed by atoms with E-state index in [9.17, 15) is 9.50 Å². The van der Waals surface area contributed by atoms with Gasteiger partial charge in [-0.2, -0.15) is 0 Å². The Hall–Kier alpha value is -0.800. The van der Waals surface area contributed by atoms with E-state index >= 15 is 0 Å². The number of nitrogens with one attached hydrogen (secondary N) is 1. The first-order valence-corrected chi connectivity index (χ1v) is 5.94. The molecule has 1 aliphatic carbocycles. The van der Waals surface area contributed by atoms with Crippen LogP contribution in [-0.2, 0) is 0 Å². The summed E-state index contributed by atoms with van der Waals surface area (Å²) in [6, 6.07) is 4.19. The van der Waals surface area contributed by atoms with Crippen LogP contribution in [0.15, 0.2) is 18.2 Å². The number of hydrogen-bond donors (Lipinski definition) is 2. The number of aliphatic hydroxyl groups excluding tert-OH is 1. The maximum atomic E-state index is 13.0. The molecule has 2 atom stereocenters. The standard InChI is InChI=1S/C12H15ClFNO/c13-9-6-5-8(14)7-11(9)15-10-3-1-2-4-12(10)16/h5-7,10,12,15-16H,1-4H2/t10-,12-/m1/s1. The summed E-state index contributed by atoms with van der Waals surface area (Å²) in [5, 5.41) is 13.4. The molecule has 0 unspecified atom stereocenters. The predicted molar refractivity (Wildman–Crippen MR) is 63.3 cm³/mol. The lowest BCUT2D eigenvalue weighted by Gasteiger charge is -2.29. The lowest BCUT2D eigenvalue weighted by Crippen LogP contribution is -2.36. The number of benzene rings is 1. The van der Waals surface area contributed by atoms with Crippen LogP contribution in [0, 0.1) is 5.82 Å². The average molecular weight is 244 g/mol. The van der Waals surface area contributed by atoms with Crippen molar-refractivity contribution in [2.24, 2.45) is 0 Å². The van der Waals surface area contributed by atoms with Crippen molar-refractivity contribution in [2.75, 3.05) is 5.32 Å². The third-order valence-electron chi connectivity index (χ3n) is 3.00. The monoisotopic (exact) mass is 243 g/mol. The summed E-state index contributed by atoms with van der Waals surface area (Å²) < 4.78 is 13.0. The van der Waals surface area contributed by atoms with Gasteiger partial charge in [0.05, 0.1) is 22.9 Å². The van der Waals surface area contributed by atoms with Crippen LogP contribution in [0.4, 0.5) is 10.1 Å². The van der Waals surface area contributed by atoms with Gasteiger partial charge >= 0.3 is 0 Å². The zero-order valence-corrected chi connectivity index (χ0v) is 9.67. The van der Waals surface area contributed by atoms with E-state index in [0.29, 0.717) is 10.7 Å². The summed E-state index contributed by atoms with van der Waals surface area (Å²) in [4.78, 5) is 0. The number of aliphatic hydroxyl groups is 1. The molecule has 2 nitrogen and oxygen atoms in total. The highest BCUT2D eigenvalue weighted by molar-refractivity contribution is 6.33. The molecule has 0 spiro atoms. The Morgan fingerprint density at radius 1 is 1.31 bits per heavy atom. The molecule has 0 bridgehead atoms. The van der Waals surface area contributed by atoms with E-state index in [1.54, 1.807) is 0 Å². The highest BCUT2D eigenvalue weighted by Gasteiger charge is 2.23. The highest BCUT2D eigenvalue weighted by atomic mass is 35.5. The van der Waals surface area contributed by atoms with Crippen molar-refractivity contribution < 1.29 is 9.50 Å². The SMILES string of the molecule is O[C@@H]1CCCC[C@H]1Nc1cc(F)ccc1Cl. The number of hydrogen-bond acceptors (Lipinski definition) is 2. The number of anilines is 1. The summed E-state index contributed by atoms with van der Waals surface area (Å²) in [6.07, 6.45) is 3.46. The average Bonchev–Trinajstić information content (AvgIpc) is 2.27. The van der Waals surface area contributed by atoms with Gasteiger partial charge in [0, 0.05) is 0 Å². The molecular weight excluding hydrogens is 229 g/mol. The Balaban J connectivity index is 2.10. The zero-order chi connectivity index (χ0) is 11.5. The van der Waals surface area contributed by atoms with Crippen LogP contribution < -0.4 is 5.32 Å². The fraction of sp³-hybridized carbons (Fsp3) is 0.500. The van der Waals surface area contributed by atoms with Crippen LogP contribution in [0.25, 0.3) is 0 Å². The molecule has 1 saturated carbocycles. The molecule has 1 aromatic rings. The molecular formula is C12H15ClFNO. The number of halogens is 2. The molecule has 0 saturated heterocycles. The van der Waals surface area contributed by atoms with Crippen LogP contribution >= 0.6 is 11.6 Å². The van der Waals surface area contributed by atoms with E-state index in [0.717, 1.165) is 25.7 Å². The quantitative estimate of drug-likeness (QED) is 0.836. The molecule has 0 aliphatic heterocycles. The molecule has 0 aromatic heterocycles. The van der Waals surface area contributed by atoms with E-state index in [1.807, 2.05) is 0 Å². The first-order valence-electron chi connectivity index (χ1n) is 5.56. The second-order valence-electron chi connectivity index (χ2n) is 4.23. The largest absolute Gasteiger partial charge is 0.391 e. The molecule has 16 heavy (non-hydrogen) atoms. The summed E-state index contributed by atoms with van der Waals surface area (Å²) in [5.41, 5.74) is 0.563. The van der Waals surface area contributed by atoms with Gasteiger partial charge in [0.15, 0.2) is 0 Å². The van der Waals surface area contributed by atoms with Crippen LogP contribution in [0.1, 0.15) is 25.7 Å². The van der Waals surface area contributed by atoms with Crippen LogP contribution in [0.3, 0.4) is 0 Å². The van der Waals surface area contributed by atoms with Gasteiger partial charge in [-0.1, -0.05) is 24.4 Å². The Morgan fingerprint density at radius 3 is 2.81 bits per heavy atom. The molecule has 1 fully saturated rings. The van der Waals surface area contributed by atoms with Gasteiger partial charge in [0.1, 0.15) is 5.82 Å². The molecule has 1 aromatic carbocycles. The van der Waals surface area contributed by atoms with Gasteiger partial charge in [-0.25, -0.2) is 4.39 Å². The second kappa shape index (κ2) is 5.02. The molecule has 0 radical (unpaired) electrons. The van der Waals surface area contributed by atoms with Crippen LogP contribution in [0.5, 0.6) is 0 Å². The van der Waals surface area contributed by atoms with Gasteiger partial charge in [-0.05, 0) is 31.0 Å². The molecule has 0 amide bonds. The van der Waals surface area contributed by atoms with Crippen molar-refractivity contribution in [1.29, 1.82) is 0 Å². The van der Waals surface area contributed by atoms with Crippen molar-refractivity contribution in [3.63, 3.8) is 0 Å². The Morgan fingerprint density at radius 2 is 2.06 bits per heavy atom. The maximum absolute atomic E-state index is 13.0. The smallest absolute Gasteiger partial charge is 0.125 e. The van der Waals surface area contributed by atoms with E-state index in [1.165, 1.54) is 18.2 Å². The third-order valence-corrected chi connectivity index (χ3v) is 3.33. The van der Waals surface area contributed by atoms with E-state index in [-0.39, 0.29) is 18.0 Å². The summed E-state index contributed by atoms with van der Waals surface area (Å²) >= 11 is 5.95. The van der Waals surface area contributed by atoms with E-state index < -0.39 is 0 Å². The van der Waals surface area contributed by atoms with E-state index in [2.05, 4.69) is 5.32 Å². The molecule has 4 heteroatoms. The molecule has 0 heterocycles. The van der Waals surface area contributed by atoms with Gasteiger partial charge in [-0.15, -0.1) is 0 Å². The lowest BCUT2D eigenvalue weighted by atomic mass is 9.92. The molecule has 88 valence electrons. The zero-order valence-electron chi connectivity index (χ0n) is 8.92. The lowest BCUT2D eigenvalue weighted by molar-refractivity contribution is 0.116. The van der Waals surface area contributed by atoms with Crippen LogP contribution in [0.2, 0.25) is 5.02 Å². The Bertz CT molecular complexity index is 372. The summed E-state index contributed by atoms with van der Waals surface area (Å²) in [5.74, 6) is -0.322. The molecule has 2 N–H and O–H groups in total. The minimum atomic E-state index is -0.368. The fourth-order valence-corrected chi connectivity index (χ4v) is 2.26. The fourth-order valence-electron chi connectivity index (χ4n) is 2.09. The minimum Gasteiger partial charge on any atom is -0.391 e. The first-order chi connectivity index (χ1) is 7.66. The third kappa shape index (κ3) is 2.66. The maximum Gasteiger partial charge on any atom is 0.125 e. The van der Waals surface area contributed by atoms with Crippen molar-refractivity contribution in [3.8, 4) is 0 Å². The summed E-state index contributed by atoms with van der Waals surface area (Å²) in [7, 11) is 0. The summed E-state index contributed by atoms with van der Waals surface area (Å²) in [6.45, 7) is 0. The molecule has 1 aliphatic rings. The van der Waals surface area contributed by atoms with Gasteiger partial charge in [0.25, 0.3) is 0 Å². The van der Waals surface area contributed by atoms with Crippen molar-refractivity contribution >= 4 is 17.3 Å². The normalized spacial score (nSPS) is 25.4.